The second-order valence-electron chi connectivity index (χ2n) is 5.89. The molecule has 1 atom stereocenters. The Hall–Kier alpha value is -3.17. The van der Waals surface area contributed by atoms with Crippen molar-refractivity contribution < 1.29 is 17.9 Å². The number of halogens is 1. The van der Waals surface area contributed by atoms with Gasteiger partial charge in [0.05, 0.1) is 10.5 Å². The largest absolute Gasteiger partial charge is 0.434 e. The summed E-state index contributed by atoms with van der Waals surface area (Å²) in [6.45, 7) is 0. The lowest BCUT2D eigenvalue weighted by atomic mass is 10.1. The van der Waals surface area contributed by atoms with Gasteiger partial charge < -0.3 is 10.1 Å². The molecule has 0 aliphatic carbocycles. The van der Waals surface area contributed by atoms with E-state index >= 15 is 0 Å². The molecule has 0 fully saturated rings. The Balaban J connectivity index is 1.50. The average Bonchev–Trinajstić information content (AvgIpc) is 3.00. The molecule has 10 heteroatoms. The van der Waals surface area contributed by atoms with Gasteiger partial charge in [0.2, 0.25) is 6.23 Å². The molecule has 2 aromatic carbocycles. The molecule has 2 N–H and O–H groups in total. The van der Waals surface area contributed by atoms with Gasteiger partial charge >= 0.3 is 5.97 Å². The first-order valence-corrected chi connectivity index (χ1v) is 9.97. The topological polar surface area (TPSA) is 110 Å². The number of nitrogens with zero attached hydrogens (tertiary/aromatic N) is 2. The van der Waals surface area contributed by atoms with Gasteiger partial charge in [0.15, 0.2) is 11.0 Å². The Labute approximate surface area is 165 Å². The number of ether oxygens (including phenoxy) is 1. The zero-order chi connectivity index (χ0) is 19.7. The van der Waals surface area contributed by atoms with E-state index < -0.39 is 22.2 Å². The molecule has 1 aromatic heterocycles. The number of anilines is 2. The van der Waals surface area contributed by atoms with Crippen LogP contribution in [-0.2, 0) is 14.8 Å². The highest BCUT2D eigenvalue weighted by Crippen LogP contribution is 2.31. The van der Waals surface area contributed by atoms with E-state index in [9.17, 15) is 13.2 Å². The predicted molar refractivity (Wildman–Crippen MR) is 103 cm³/mol. The van der Waals surface area contributed by atoms with E-state index in [0.717, 1.165) is 5.56 Å². The maximum absolute atomic E-state index is 12.4. The Bertz CT molecular complexity index is 1140. The number of aromatic nitrogens is 2. The number of fused-ring (bicyclic) bond motifs is 1. The van der Waals surface area contributed by atoms with Crippen LogP contribution in [0.2, 0.25) is 5.15 Å². The van der Waals surface area contributed by atoms with E-state index in [1.54, 1.807) is 30.3 Å². The van der Waals surface area contributed by atoms with Crippen LogP contribution >= 0.6 is 11.6 Å². The number of hydrogen-bond donors (Lipinski definition) is 2. The summed E-state index contributed by atoms with van der Waals surface area (Å²) in [5.74, 6) is -0.346. The molecule has 0 bridgehead atoms. The zero-order valence-corrected chi connectivity index (χ0v) is 15.7. The van der Waals surface area contributed by atoms with Crippen molar-refractivity contribution in [3.05, 3.63) is 76.9 Å². The van der Waals surface area contributed by atoms with Crippen molar-refractivity contribution in [1.29, 1.82) is 0 Å². The smallest absolute Gasteiger partial charge is 0.340 e. The lowest BCUT2D eigenvalue weighted by Gasteiger charge is -2.15. The summed E-state index contributed by atoms with van der Waals surface area (Å²) in [6, 6.07) is 15.9. The molecule has 0 amide bonds. The van der Waals surface area contributed by atoms with Crippen molar-refractivity contribution >= 4 is 39.1 Å². The number of sulfonamides is 1. The number of hydrogen-bond acceptors (Lipinski definition) is 7. The molecular weight excluding hydrogens is 404 g/mol. The fourth-order valence-corrected chi connectivity index (χ4v) is 3.80. The van der Waals surface area contributed by atoms with Gasteiger partial charge in [0, 0.05) is 11.3 Å². The van der Waals surface area contributed by atoms with Gasteiger partial charge in [0.25, 0.3) is 10.0 Å². The molecule has 2 heterocycles. The SMILES string of the molecule is O=C1O[C@H](Nc2ccc(S(=O)(=O)Nc3ccc(Cl)nn3)cc2)c2ccccc21. The van der Waals surface area contributed by atoms with Crippen LogP contribution in [0.1, 0.15) is 22.1 Å². The third-order valence-corrected chi connectivity index (χ3v) is 5.59. The first-order valence-electron chi connectivity index (χ1n) is 8.11. The molecule has 142 valence electrons. The highest BCUT2D eigenvalue weighted by molar-refractivity contribution is 7.92. The summed E-state index contributed by atoms with van der Waals surface area (Å²) >= 11 is 5.64. The molecule has 1 aliphatic rings. The highest BCUT2D eigenvalue weighted by atomic mass is 35.5. The molecule has 1 aliphatic heterocycles. The highest BCUT2D eigenvalue weighted by Gasteiger charge is 2.30. The lowest BCUT2D eigenvalue weighted by molar-refractivity contribution is 0.0437. The molecule has 0 radical (unpaired) electrons. The van der Waals surface area contributed by atoms with E-state index in [1.807, 2.05) is 6.07 Å². The van der Waals surface area contributed by atoms with Crippen LogP contribution < -0.4 is 10.0 Å². The number of carbonyl (C=O) groups excluding carboxylic acids is 1. The Kier molecular flexibility index (Phi) is 4.62. The van der Waals surface area contributed by atoms with Gasteiger partial charge in [-0.05, 0) is 42.5 Å². The van der Waals surface area contributed by atoms with Crippen LogP contribution in [0.5, 0.6) is 0 Å². The van der Waals surface area contributed by atoms with Crippen molar-refractivity contribution in [2.75, 3.05) is 10.0 Å². The molecule has 0 saturated carbocycles. The number of benzene rings is 2. The lowest BCUT2D eigenvalue weighted by Crippen LogP contribution is -2.14. The Morgan fingerprint density at radius 2 is 1.71 bits per heavy atom. The zero-order valence-electron chi connectivity index (χ0n) is 14.2. The standard InChI is InChI=1S/C18H13ClN4O4S/c19-15-9-10-16(22-21-15)23-28(25,26)12-7-5-11(6-8-12)20-17-13-3-1-2-4-14(13)18(24)27-17/h1-10,17,20H,(H,22,23)/t17-/m0/s1. The summed E-state index contributed by atoms with van der Waals surface area (Å²) in [6.07, 6.45) is -0.631. The van der Waals surface area contributed by atoms with Crippen LogP contribution in [0.4, 0.5) is 11.5 Å². The summed E-state index contributed by atoms with van der Waals surface area (Å²) in [7, 11) is -3.84. The minimum atomic E-state index is -3.84. The van der Waals surface area contributed by atoms with Crippen LogP contribution in [0.25, 0.3) is 0 Å². The summed E-state index contributed by atoms with van der Waals surface area (Å²) in [5, 5.41) is 10.5. The average molecular weight is 417 g/mol. The molecule has 28 heavy (non-hydrogen) atoms. The summed E-state index contributed by atoms with van der Waals surface area (Å²) < 4.78 is 32.5. The fourth-order valence-electron chi connectivity index (χ4n) is 2.70. The molecule has 0 unspecified atom stereocenters. The summed E-state index contributed by atoms with van der Waals surface area (Å²) in [5.41, 5.74) is 1.83. The fraction of sp³-hybridized carbons (Fsp3) is 0.0556. The number of cyclic esters (lactones) is 1. The molecule has 0 spiro atoms. The number of esters is 1. The van der Waals surface area contributed by atoms with Gasteiger partial charge in [-0.2, -0.15) is 0 Å². The van der Waals surface area contributed by atoms with E-state index in [1.165, 1.54) is 24.3 Å². The van der Waals surface area contributed by atoms with Crippen LogP contribution in [-0.4, -0.2) is 24.6 Å². The molecular formula is C18H13ClN4O4S. The molecule has 3 aromatic rings. The third kappa shape index (κ3) is 3.62. The molecule has 8 nitrogen and oxygen atoms in total. The van der Waals surface area contributed by atoms with Gasteiger partial charge in [-0.1, -0.05) is 29.8 Å². The maximum Gasteiger partial charge on any atom is 0.340 e. The maximum atomic E-state index is 12.4. The number of nitrogens with one attached hydrogen (secondary N) is 2. The van der Waals surface area contributed by atoms with Crippen molar-refractivity contribution in [3.8, 4) is 0 Å². The minimum absolute atomic E-state index is 0.0404. The van der Waals surface area contributed by atoms with Crippen LogP contribution in [0, 0.1) is 0 Å². The van der Waals surface area contributed by atoms with Crippen LogP contribution in [0.3, 0.4) is 0 Å². The molecule has 0 saturated heterocycles. The monoisotopic (exact) mass is 416 g/mol. The number of rotatable bonds is 5. The van der Waals surface area contributed by atoms with Crippen molar-refractivity contribution in [3.63, 3.8) is 0 Å². The first kappa shape index (κ1) is 18.2. The van der Waals surface area contributed by atoms with Gasteiger partial charge in [0.1, 0.15) is 0 Å². The van der Waals surface area contributed by atoms with Crippen molar-refractivity contribution in [2.24, 2.45) is 0 Å². The van der Waals surface area contributed by atoms with E-state index in [2.05, 4.69) is 20.2 Å². The predicted octanol–water partition coefficient (Wildman–Crippen LogP) is 3.21. The summed E-state index contributed by atoms with van der Waals surface area (Å²) in [4.78, 5) is 11.9. The van der Waals surface area contributed by atoms with Crippen molar-refractivity contribution in [1.82, 2.24) is 10.2 Å². The minimum Gasteiger partial charge on any atom is -0.434 e. The van der Waals surface area contributed by atoms with Gasteiger partial charge in [-0.3, -0.25) is 4.72 Å². The van der Waals surface area contributed by atoms with E-state index in [0.29, 0.717) is 11.3 Å². The first-order chi connectivity index (χ1) is 13.4. The molecule has 4 rings (SSSR count). The second-order valence-corrected chi connectivity index (χ2v) is 7.96. The van der Waals surface area contributed by atoms with Crippen LogP contribution in [0.15, 0.2) is 65.6 Å². The van der Waals surface area contributed by atoms with E-state index in [-0.39, 0.29) is 15.9 Å². The Morgan fingerprint density at radius 3 is 2.43 bits per heavy atom. The second kappa shape index (κ2) is 7.10. The third-order valence-electron chi connectivity index (χ3n) is 4.02. The quantitative estimate of drug-likeness (QED) is 0.614. The normalized spacial score (nSPS) is 15.6. The van der Waals surface area contributed by atoms with E-state index in [4.69, 9.17) is 16.3 Å². The number of carbonyl (C=O) groups is 1. The van der Waals surface area contributed by atoms with Crippen molar-refractivity contribution in [2.45, 2.75) is 11.1 Å². The van der Waals surface area contributed by atoms with Gasteiger partial charge in [-0.15, -0.1) is 10.2 Å². The van der Waals surface area contributed by atoms with Gasteiger partial charge in [-0.25, -0.2) is 13.2 Å². The Morgan fingerprint density at radius 1 is 0.964 bits per heavy atom.